The number of rotatable bonds is 3. The summed E-state index contributed by atoms with van der Waals surface area (Å²) in [5.41, 5.74) is 0. The van der Waals surface area contributed by atoms with Crippen molar-refractivity contribution in [2.24, 2.45) is 0 Å². The van der Waals surface area contributed by atoms with Crippen molar-refractivity contribution in [3.63, 3.8) is 0 Å². The Morgan fingerprint density at radius 3 is 1.33 bits per heavy atom. The molecule has 0 bridgehead atoms. The van der Waals surface area contributed by atoms with Gasteiger partial charge in [-0.05, 0) is 0 Å². The Labute approximate surface area is 62.9 Å². The van der Waals surface area contributed by atoms with Crippen LogP contribution in [-0.4, -0.2) is 17.6 Å². The van der Waals surface area contributed by atoms with E-state index in [1.807, 2.05) is 0 Å². The summed E-state index contributed by atoms with van der Waals surface area (Å²) in [6.45, 7) is 12.3. The molecule has 0 atom stereocenters. The monoisotopic (exact) mass is 160 g/mol. The fourth-order valence-corrected chi connectivity index (χ4v) is 9.76. The molecule has 0 aromatic carbocycles. The van der Waals surface area contributed by atoms with Gasteiger partial charge in [0.05, 0.1) is 0 Å². The topological polar surface area (TPSA) is 0 Å². The lowest BCUT2D eigenvalue weighted by atomic mass is 10.6. The first kappa shape index (κ1) is 9.43. The van der Waals surface area contributed by atoms with E-state index in [0.717, 1.165) is 0 Å². The van der Waals surface area contributed by atoms with Gasteiger partial charge in [0.25, 0.3) is 0 Å². The van der Waals surface area contributed by atoms with E-state index in [2.05, 4.69) is 33.1 Å². The minimum Gasteiger partial charge on any atom is -0.0722 e. The van der Waals surface area contributed by atoms with Crippen molar-refractivity contribution in [1.29, 1.82) is 0 Å². The maximum absolute atomic E-state index is 2.49. The Bertz CT molecular complexity index is 61.3. The first-order valence-corrected chi connectivity index (χ1v) is 10.0. The highest BCUT2D eigenvalue weighted by atomic mass is 28.3. The third kappa shape index (κ3) is 3.21. The zero-order valence-corrected chi connectivity index (χ0v) is 9.75. The second kappa shape index (κ2) is 4.28. The Kier molecular flexibility index (Phi) is 4.49. The fourth-order valence-electron chi connectivity index (χ4n) is 1.71. The van der Waals surface area contributed by atoms with Gasteiger partial charge in [0, 0.05) is 17.6 Å². The van der Waals surface area contributed by atoms with Gasteiger partial charge in [-0.3, -0.25) is 0 Å². The molecule has 0 saturated carbocycles. The summed E-state index contributed by atoms with van der Waals surface area (Å²) < 4.78 is 0. The Morgan fingerprint density at radius 1 is 1.00 bits per heavy atom. The molecule has 0 radical (unpaired) electrons. The molecular formula is C7H20Si2. The molecule has 0 nitrogen and oxygen atoms in total. The SMILES string of the molecule is CCC([SiH](C)C)[SiH](C)C. The van der Waals surface area contributed by atoms with Crippen LogP contribution in [-0.2, 0) is 0 Å². The summed E-state index contributed by atoms with van der Waals surface area (Å²) >= 11 is 0. The van der Waals surface area contributed by atoms with Gasteiger partial charge in [0.2, 0.25) is 0 Å². The molecule has 0 fully saturated rings. The lowest BCUT2D eigenvalue weighted by Gasteiger charge is -2.20. The van der Waals surface area contributed by atoms with E-state index in [4.69, 9.17) is 0 Å². The minimum absolute atomic E-state index is 0.282. The van der Waals surface area contributed by atoms with Gasteiger partial charge in [-0.25, -0.2) is 0 Å². The summed E-state index contributed by atoms with van der Waals surface area (Å²) in [6, 6.07) is 0. The predicted octanol–water partition coefficient (Wildman–Crippen LogP) is 2.28. The molecular weight excluding hydrogens is 140 g/mol. The lowest BCUT2D eigenvalue weighted by Crippen LogP contribution is -2.23. The normalized spacial score (nSPS) is 12.0. The van der Waals surface area contributed by atoms with E-state index < -0.39 is 0 Å². The van der Waals surface area contributed by atoms with Crippen LogP contribution < -0.4 is 0 Å². The van der Waals surface area contributed by atoms with Crippen LogP contribution in [0.3, 0.4) is 0 Å². The van der Waals surface area contributed by atoms with Crippen LogP contribution in [0.15, 0.2) is 0 Å². The summed E-state index contributed by atoms with van der Waals surface area (Å²) in [5.74, 6) is 0. The third-order valence-electron chi connectivity index (χ3n) is 2.18. The van der Waals surface area contributed by atoms with E-state index >= 15 is 0 Å². The molecule has 0 aliphatic rings. The zero-order chi connectivity index (χ0) is 7.44. The summed E-state index contributed by atoms with van der Waals surface area (Å²) in [6.07, 6.45) is 1.45. The maximum atomic E-state index is 2.49. The van der Waals surface area contributed by atoms with E-state index in [9.17, 15) is 0 Å². The summed E-state index contributed by atoms with van der Waals surface area (Å²) in [5, 5.41) is 1.20. The highest BCUT2D eigenvalue weighted by Gasteiger charge is 2.16. The average molecular weight is 160 g/mol. The molecule has 0 saturated heterocycles. The standard InChI is InChI=1S/C7H20Si2/c1-6-7(8(2)3)9(4)5/h7-9H,6H2,1-5H3. The van der Waals surface area contributed by atoms with E-state index in [-0.39, 0.29) is 17.6 Å². The quantitative estimate of drug-likeness (QED) is 0.556. The second-order valence-corrected chi connectivity index (χ2v) is 11.0. The van der Waals surface area contributed by atoms with Crippen molar-refractivity contribution in [2.45, 2.75) is 44.7 Å². The Morgan fingerprint density at radius 2 is 1.33 bits per heavy atom. The van der Waals surface area contributed by atoms with E-state index in [1.165, 1.54) is 11.6 Å². The highest BCUT2D eigenvalue weighted by Crippen LogP contribution is 2.18. The van der Waals surface area contributed by atoms with Crippen LogP contribution in [0.2, 0.25) is 31.4 Å². The van der Waals surface area contributed by atoms with E-state index in [0.29, 0.717) is 0 Å². The van der Waals surface area contributed by atoms with Gasteiger partial charge >= 0.3 is 0 Å². The molecule has 9 heavy (non-hydrogen) atoms. The molecule has 0 aliphatic carbocycles. The zero-order valence-electron chi connectivity index (χ0n) is 7.44. The molecule has 0 aliphatic heterocycles. The minimum atomic E-state index is -0.282. The number of hydrogen-bond donors (Lipinski definition) is 0. The predicted molar refractivity (Wildman–Crippen MR) is 51.8 cm³/mol. The summed E-state index contributed by atoms with van der Waals surface area (Å²) in [7, 11) is -0.563. The fraction of sp³-hybridized carbons (Fsp3) is 1.00. The molecule has 0 aromatic heterocycles. The van der Waals surface area contributed by atoms with Crippen LogP contribution in [0.5, 0.6) is 0 Å². The highest BCUT2D eigenvalue weighted by molar-refractivity contribution is 6.77. The third-order valence-corrected chi connectivity index (χ3v) is 11.2. The van der Waals surface area contributed by atoms with Crippen molar-refractivity contribution < 1.29 is 0 Å². The number of hydrogen-bond acceptors (Lipinski definition) is 0. The molecule has 56 valence electrons. The summed E-state index contributed by atoms with van der Waals surface area (Å²) in [4.78, 5) is 0. The van der Waals surface area contributed by atoms with Gasteiger partial charge in [0.15, 0.2) is 0 Å². The first-order valence-electron chi connectivity index (χ1n) is 4.09. The van der Waals surface area contributed by atoms with Gasteiger partial charge < -0.3 is 0 Å². The molecule has 0 aromatic rings. The van der Waals surface area contributed by atoms with Crippen molar-refractivity contribution >= 4 is 17.6 Å². The molecule has 0 spiro atoms. The lowest BCUT2D eigenvalue weighted by molar-refractivity contribution is 0.982. The first-order chi connectivity index (χ1) is 4.09. The van der Waals surface area contributed by atoms with Crippen LogP contribution in [0.1, 0.15) is 13.3 Å². The van der Waals surface area contributed by atoms with Crippen LogP contribution in [0, 0.1) is 0 Å². The Hall–Kier alpha value is 0.434. The molecule has 2 heteroatoms. The van der Waals surface area contributed by atoms with Crippen molar-refractivity contribution in [3.8, 4) is 0 Å². The molecule has 0 heterocycles. The largest absolute Gasteiger partial charge is 0.0722 e. The van der Waals surface area contributed by atoms with Gasteiger partial charge in [-0.2, -0.15) is 0 Å². The average Bonchev–Trinajstić information content (AvgIpc) is 1.64. The smallest absolute Gasteiger partial charge is 0.0307 e. The molecule has 0 amide bonds. The van der Waals surface area contributed by atoms with Crippen LogP contribution in [0.4, 0.5) is 0 Å². The van der Waals surface area contributed by atoms with Crippen LogP contribution >= 0.6 is 0 Å². The molecule has 0 rings (SSSR count). The molecule has 0 unspecified atom stereocenters. The van der Waals surface area contributed by atoms with Gasteiger partial charge in [-0.1, -0.05) is 44.7 Å². The Balaban J connectivity index is 3.68. The maximum Gasteiger partial charge on any atom is 0.0307 e. The van der Waals surface area contributed by atoms with Gasteiger partial charge in [-0.15, -0.1) is 0 Å². The van der Waals surface area contributed by atoms with Gasteiger partial charge in [0.1, 0.15) is 0 Å². The van der Waals surface area contributed by atoms with Crippen molar-refractivity contribution in [3.05, 3.63) is 0 Å². The van der Waals surface area contributed by atoms with E-state index in [1.54, 1.807) is 0 Å². The second-order valence-electron chi connectivity index (χ2n) is 3.56. The van der Waals surface area contributed by atoms with Crippen LogP contribution in [0.25, 0.3) is 0 Å². The van der Waals surface area contributed by atoms with Crippen molar-refractivity contribution in [1.82, 2.24) is 0 Å². The van der Waals surface area contributed by atoms with Crippen molar-refractivity contribution in [2.75, 3.05) is 0 Å². The molecule has 0 N–H and O–H groups in total.